The standard InChI is InChI=1S/C24H36F2N4O3/c1-2-33-22(31)30-16-23(17-30)4-3-19(14-23)28-7-9-29(10-8-28)20-13-18(25)15-27-21(20)24(26)5-11-32-12-6-24/h13,15,19,22,31H,2-12,14,16-17H2,1H3/t19-,22?/m1/s1. The van der Waals surface area contributed by atoms with Gasteiger partial charge in [0.05, 0.1) is 25.1 Å². The van der Waals surface area contributed by atoms with E-state index in [1.165, 1.54) is 18.9 Å². The SMILES string of the molecule is CCOC(O)N1CC2(CC[C@@H](N3CCN(c4cc(F)cnc4C4(F)CCOCC4)CC3)C2)C1. The van der Waals surface area contributed by atoms with Gasteiger partial charge in [0.25, 0.3) is 0 Å². The lowest BCUT2D eigenvalue weighted by molar-refractivity contribution is -0.238. The summed E-state index contributed by atoms with van der Waals surface area (Å²) in [5.41, 5.74) is -0.300. The molecule has 4 fully saturated rings. The lowest BCUT2D eigenvalue weighted by atomic mass is 9.78. The number of hydrogen-bond acceptors (Lipinski definition) is 7. The Morgan fingerprint density at radius 1 is 1.21 bits per heavy atom. The summed E-state index contributed by atoms with van der Waals surface area (Å²) in [7, 11) is 0. The molecule has 33 heavy (non-hydrogen) atoms. The molecular formula is C24H36F2N4O3. The topological polar surface area (TPSA) is 61.3 Å². The summed E-state index contributed by atoms with van der Waals surface area (Å²) in [5, 5.41) is 10.0. The molecule has 1 saturated carbocycles. The Balaban J connectivity index is 1.19. The maximum Gasteiger partial charge on any atom is 0.216 e. The van der Waals surface area contributed by atoms with Crippen molar-refractivity contribution in [3.05, 3.63) is 23.8 Å². The molecule has 0 bridgehead atoms. The Morgan fingerprint density at radius 3 is 2.64 bits per heavy atom. The van der Waals surface area contributed by atoms with Crippen LogP contribution in [0.5, 0.6) is 0 Å². The average Bonchev–Trinajstić information content (AvgIpc) is 3.25. The van der Waals surface area contributed by atoms with Crippen molar-refractivity contribution in [2.24, 2.45) is 5.41 Å². The van der Waals surface area contributed by atoms with Crippen LogP contribution >= 0.6 is 0 Å². The minimum absolute atomic E-state index is 0.262. The van der Waals surface area contributed by atoms with E-state index in [9.17, 15) is 9.50 Å². The molecule has 0 amide bonds. The van der Waals surface area contributed by atoms with Crippen molar-refractivity contribution in [1.29, 1.82) is 0 Å². The van der Waals surface area contributed by atoms with Crippen LogP contribution < -0.4 is 4.90 Å². The third kappa shape index (κ3) is 4.62. The molecule has 1 aliphatic carbocycles. The van der Waals surface area contributed by atoms with E-state index in [-0.39, 0.29) is 12.8 Å². The van der Waals surface area contributed by atoms with Gasteiger partial charge in [-0.2, -0.15) is 0 Å². The highest BCUT2D eigenvalue weighted by molar-refractivity contribution is 5.53. The molecular weight excluding hydrogens is 430 g/mol. The lowest BCUT2D eigenvalue weighted by Crippen LogP contribution is -2.60. The monoisotopic (exact) mass is 466 g/mol. The molecule has 4 aliphatic rings. The quantitative estimate of drug-likeness (QED) is 0.647. The summed E-state index contributed by atoms with van der Waals surface area (Å²) in [5.74, 6) is -0.423. The second kappa shape index (κ2) is 9.34. The molecule has 1 spiro atoms. The van der Waals surface area contributed by atoms with E-state index in [0.29, 0.717) is 42.7 Å². The van der Waals surface area contributed by atoms with Crippen LogP contribution in [0.1, 0.15) is 44.7 Å². The first-order valence-electron chi connectivity index (χ1n) is 12.4. The number of likely N-dealkylation sites (tertiary alicyclic amines) is 1. The number of alkyl halides is 1. The Kier molecular flexibility index (Phi) is 6.61. The van der Waals surface area contributed by atoms with Crippen LogP contribution in [0.2, 0.25) is 0 Å². The number of nitrogens with zero attached hydrogens (tertiary/aromatic N) is 4. The first-order valence-corrected chi connectivity index (χ1v) is 12.4. The maximum absolute atomic E-state index is 15.7. The van der Waals surface area contributed by atoms with Crippen molar-refractivity contribution >= 4 is 5.69 Å². The Labute approximate surface area is 194 Å². The van der Waals surface area contributed by atoms with Crippen LogP contribution in [0.4, 0.5) is 14.5 Å². The zero-order chi connectivity index (χ0) is 23.1. The molecule has 4 heterocycles. The van der Waals surface area contributed by atoms with E-state index >= 15 is 4.39 Å². The van der Waals surface area contributed by atoms with Gasteiger partial charge < -0.3 is 19.5 Å². The van der Waals surface area contributed by atoms with Crippen molar-refractivity contribution in [3.8, 4) is 0 Å². The molecule has 3 saturated heterocycles. The van der Waals surface area contributed by atoms with Crippen LogP contribution in [-0.2, 0) is 15.1 Å². The number of pyridine rings is 1. The summed E-state index contributed by atoms with van der Waals surface area (Å²) in [6.45, 7) is 8.16. The Morgan fingerprint density at radius 2 is 1.94 bits per heavy atom. The van der Waals surface area contributed by atoms with E-state index in [0.717, 1.165) is 51.9 Å². The van der Waals surface area contributed by atoms with Crippen LogP contribution in [0, 0.1) is 11.2 Å². The molecule has 5 rings (SSSR count). The molecule has 1 unspecified atom stereocenters. The van der Waals surface area contributed by atoms with Gasteiger partial charge in [-0.1, -0.05) is 0 Å². The number of anilines is 1. The average molecular weight is 467 g/mol. The number of hydrogen-bond donors (Lipinski definition) is 1. The van der Waals surface area contributed by atoms with Gasteiger partial charge in [-0.25, -0.2) is 8.78 Å². The van der Waals surface area contributed by atoms with Crippen molar-refractivity contribution in [3.63, 3.8) is 0 Å². The van der Waals surface area contributed by atoms with Crippen molar-refractivity contribution in [2.75, 3.05) is 64.0 Å². The summed E-state index contributed by atoms with van der Waals surface area (Å²) in [6, 6.07) is 1.98. The number of ether oxygens (including phenoxy) is 2. The Bertz CT molecular complexity index is 824. The molecule has 1 aromatic rings. The summed E-state index contributed by atoms with van der Waals surface area (Å²) in [6.07, 6.45) is 4.36. The van der Waals surface area contributed by atoms with Gasteiger partial charge in [-0.05, 0) is 31.6 Å². The van der Waals surface area contributed by atoms with Crippen molar-refractivity contribution in [1.82, 2.24) is 14.8 Å². The molecule has 0 radical (unpaired) electrons. The fraction of sp³-hybridized carbons (Fsp3) is 0.792. The summed E-state index contributed by atoms with van der Waals surface area (Å²) in [4.78, 5) is 10.9. The number of piperazine rings is 1. The maximum atomic E-state index is 15.7. The van der Waals surface area contributed by atoms with Crippen LogP contribution in [0.3, 0.4) is 0 Å². The summed E-state index contributed by atoms with van der Waals surface area (Å²) >= 11 is 0. The summed E-state index contributed by atoms with van der Waals surface area (Å²) < 4.78 is 40.5. The molecule has 7 nitrogen and oxygen atoms in total. The highest BCUT2D eigenvalue weighted by Gasteiger charge is 2.51. The molecule has 2 atom stereocenters. The van der Waals surface area contributed by atoms with Crippen molar-refractivity contribution < 1.29 is 23.4 Å². The third-order valence-electron chi connectivity index (χ3n) is 8.10. The lowest BCUT2D eigenvalue weighted by Gasteiger charge is -2.50. The minimum Gasteiger partial charge on any atom is -0.381 e. The smallest absolute Gasteiger partial charge is 0.216 e. The molecule has 3 aliphatic heterocycles. The second-order valence-corrected chi connectivity index (χ2v) is 10.2. The van der Waals surface area contributed by atoms with Gasteiger partial charge >= 0.3 is 0 Å². The fourth-order valence-corrected chi connectivity index (χ4v) is 6.28. The van der Waals surface area contributed by atoms with Crippen LogP contribution in [0.25, 0.3) is 0 Å². The highest BCUT2D eigenvalue weighted by atomic mass is 19.1. The fourth-order valence-electron chi connectivity index (χ4n) is 6.28. The largest absolute Gasteiger partial charge is 0.381 e. The van der Waals surface area contributed by atoms with E-state index < -0.39 is 17.9 Å². The molecule has 1 N–H and O–H groups in total. The first kappa shape index (κ1) is 23.4. The zero-order valence-corrected chi connectivity index (χ0v) is 19.5. The van der Waals surface area contributed by atoms with Gasteiger partial charge in [0, 0.05) is 70.8 Å². The second-order valence-electron chi connectivity index (χ2n) is 10.2. The predicted octanol–water partition coefficient (Wildman–Crippen LogP) is 2.48. The molecule has 184 valence electrons. The van der Waals surface area contributed by atoms with Crippen LogP contribution in [0.15, 0.2) is 12.3 Å². The first-order chi connectivity index (χ1) is 15.9. The normalized spacial score (nSPS) is 28.7. The predicted molar refractivity (Wildman–Crippen MR) is 120 cm³/mol. The number of aromatic nitrogens is 1. The van der Waals surface area contributed by atoms with E-state index in [4.69, 9.17) is 9.47 Å². The van der Waals surface area contributed by atoms with Crippen LogP contribution in [-0.4, -0.2) is 91.4 Å². The third-order valence-corrected chi connectivity index (χ3v) is 8.10. The minimum atomic E-state index is -1.56. The molecule has 1 aromatic heterocycles. The Hall–Kier alpha value is -1.39. The van der Waals surface area contributed by atoms with E-state index in [2.05, 4.69) is 14.8 Å². The number of halogens is 2. The highest BCUT2D eigenvalue weighted by Crippen LogP contribution is 2.48. The van der Waals surface area contributed by atoms with Gasteiger partial charge in [0.2, 0.25) is 6.41 Å². The number of aliphatic hydroxyl groups excluding tert-OH is 1. The molecule has 0 aromatic carbocycles. The van der Waals surface area contributed by atoms with Gasteiger partial charge in [0.15, 0.2) is 5.67 Å². The van der Waals surface area contributed by atoms with Crippen molar-refractivity contribution in [2.45, 2.75) is 57.2 Å². The van der Waals surface area contributed by atoms with Gasteiger partial charge in [-0.15, -0.1) is 0 Å². The number of rotatable bonds is 6. The number of aliphatic hydroxyl groups is 1. The van der Waals surface area contributed by atoms with Gasteiger partial charge in [-0.3, -0.25) is 14.8 Å². The zero-order valence-electron chi connectivity index (χ0n) is 19.5. The molecule has 9 heteroatoms. The van der Waals surface area contributed by atoms with Gasteiger partial charge in [0.1, 0.15) is 11.5 Å². The van der Waals surface area contributed by atoms with E-state index in [1.807, 2.05) is 11.8 Å². The van der Waals surface area contributed by atoms with E-state index in [1.54, 1.807) is 0 Å².